The normalized spacial score (nSPS) is 11.7. The molecule has 1 aromatic heterocycles. The quantitative estimate of drug-likeness (QED) is 0.616. The third-order valence-electron chi connectivity index (χ3n) is 4.65. The molecule has 150 valence electrons. The zero-order valence-corrected chi connectivity index (χ0v) is 16.3. The van der Waals surface area contributed by atoms with Crippen LogP contribution in [0.3, 0.4) is 0 Å². The Bertz CT molecular complexity index is 1020. The molecule has 3 rings (SSSR count). The summed E-state index contributed by atoms with van der Waals surface area (Å²) in [6.07, 6.45) is 0. The van der Waals surface area contributed by atoms with Crippen LogP contribution in [0.15, 0.2) is 71.5 Å². The highest BCUT2D eigenvalue weighted by Crippen LogP contribution is 2.20. The van der Waals surface area contributed by atoms with Crippen LogP contribution in [-0.2, 0) is 6.54 Å². The first-order valence-electron chi connectivity index (χ1n) is 9.24. The van der Waals surface area contributed by atoms with Gasteiger partial charge in [-0.15, -0.1) is 0 Å². The van der Waals surface area contributed by atoms with Crippen molar-refractivity contribution in [3.63, 3.8) is 0 Å². The Kier molecular flexibility index (Phi) is 6.39. The predicted octanol–water partition coefficient (Wildman–Crippen LogP) is 3.29. The first-order chi connectivity index (χ1) is 14.0. The molecule has 0 N–H and O–H groups in total. The number of aromatic nitrogens is 2. The van der Waals surface area contributed by atoms with Crippen molar-refractivity contribution in [2.75, 3.05) is 13.7 Å². The molecule has 3 aromatic rings. The predicted molar refractivity (Wildman–Crippen MR) is 107 cm³/mol. The van der Waals surface area contributed by atoms with Crippen molar-refractivity contribution in [2.24, 2.45) is 0 Å². The van der Waals surface area contributed by atoms with Gasteiger partial charge in [0, 0.05) is 13.1 Å². The lowest BCUT2D eigenvalue weighted by atomic mass is 10.1. The van der Waals surface area contributed by atoms with Crippen LogP contribution < -0.4 is 10.3 Å². The average Bonchev–Trinajstić information content (AvgIpc) is 2.75. The maximum atomic E-state index is 13.1. The summed E-state index contributed by atoms with van der Waals surface area (Å²) in [6.45, 7) is 2.30. The Hall–Kier alpha value is -3.48. The third kappa shape index (κ3) is 5.07. The first kappa shape index (κ1) is 20.3. The first-order valence-corrected chi connectivity index (χ1v) is 9.24. The minimum absolute atomic E-state index is 0.153. The van der Waals surface area contributed by atoms with Gasteiger partial charge in [0.25, 0.3) is 11.5 Å². The highest BCUT2D eigenvalue weighted by atomic mass is 19.1. The highest BCUT2D eigenvalue weighted by Gasteiger charge is 2.21. The molecule has 0 saturated heterocycles. The molecule has 0 aliphatic heterocycles. The molecule has 0 aliphatic carbocycles. The smallest absolute Gasteiger partial charge is 0.274 e. The summed E-state index contributed by atoms with van der Waals surface area (Å²) in [5.74, 6) is 0.0292. The highest BCUT2D eigenvalue weighted by molar-refractivity contribution is 5.92. The zero-order valence-electron chi connectivity index (χ0n) is 16.3. The Labute approximate surface area is 168 Å². The molecule has 1 atom stereocenters. The lowest BCUT2D eigenvalue weighted by Gasteiger charge is -2.25. The third-order valence-corrected chi connectivity index (χ3v) is 4.65. The van der Waals surface area contributed by atoms with Crippen LogP contribution in [0.1, 0.15) is 29.0 Å². The molecule has 0 saturated carbocycles. The lowest BCUT2D eigenvalue weighted by Crippen LogP contribution is -2.33. The van der Waals surface area contributed by atoms with Gasteiger partial charge in [-0.25, -0.2) is 9.07 Å². The van der Waals surface area contributed by atoms with E-state index in [1.807, 2.05) is 37.3 Å². The van der Waals surface area contributed by atoms with Crippen LogP contribution >= 0.6 is 0 Å². The molecule has 1 amide bonds. The van der Waals surface area contributed by atoms with Crippen molar-refractivity contribution >= 4 is 5.91 Å². The van der Waals surface area contributed by atoms with E-state index in [0.29, 0.717) is 5.75 Å². The summed E-state index contributed by atoms with van der Waals surface area (Å²) >= 11 is 0. The Morgan fingerprint density at radius 1 is 1.10 bits per heavy atom. The number of carbonyl (C=O) groups is 1. The number of amides is 1. The van der Waals surface area contributed by atoms with Crippen LogP contribution in [0.4, 0.5) is 4.39 Å². The van der Waals surface area contributed by atoms with Crippen LogP contribution in [-0.4, -0.2) is 34.2 Å². The minimum Gasteiger partial charge on any atom is -0.492 e. The summed E-state index contributed by atoms with van der Waals surface area (Å²) in [5.41, 5.74) is 0.639. The maximum absolute atomic E-state index is 13.1. The van der Waals surface area contributed by atoms with E-state index in [4.69, 9.17) is 4.74 Å². The number of hydrogen-bond donors (Lipinski definition) is 0. The molecule has 0 radical (unpaired) electrons. The molecule has 29 heavy (non-hydrogen) atoms. The summed E-state index contributed by atoms with van der Waals surface area (Å²) in [4.78, 5) is 26.4. The van der Waals surface area contributed by atoms with Crippen LogP contribution in [0.5, 0.6) is 5.75 Å². The van der Waals surface area contributed by atoms with E-state index in [9.17, 15) is 14.0 Å². The van der Waals surface area contributed by atoms with Crippen LogP contribution in [0.2, 0.25) is 0 Å². The fraction of sp³-hybridized carbons (Fsp3) is 0.227. The number of rotatable bonds is 7. The van der Waals surface area contributed by atoms with Gasteiger partial charge in [-0.2, -0.15) is 5.10 Å². The fourth-order valence-corrected chi connectivity index (χ4v) is 2.81. The van der Waals surface area contributed by atoms with Crippen molar-refractivity contribution in [2.45, 2.75) is 19.5 Å². The maximum Gasteiger partial charge on any atom is 0.274 e. The summed E-state index contributed by atoms with van der Waals surface area (Å²) in [6, 6.07) is 17.7. The van der Waals surface area contributed by atoms with E-state index in [2.05, 4.69) is 5.10 Å². The van der Waals surface area contributed by atoms with Crippen LogP contribution in [0, 0.1) is 5.82 Å². The van der Waals surface area contributed by atoms with Gasteiger partial charge >= 0.3 is 0 Å². The number of nitrogens with zero attached hydrogens (tertiary/aromatic N) is 3. The van der Waals surface area contributed by atoms with Crippen molar-refractivity contribution in [3.8, 4) is 5.75 Å². The summed E-state index contributed by atoms with van der Waals surface area (Å²) in [7, 11) is 1.64. The van der Waals surface area contributed by atoms with Gasteiger partial charge in [0.05, 0.1) is 12.6 Å². The molecule has 0 spiro atoms. The van der Waals surface area contributed by atoms with Gasteiger partial charge in [-0.3, -0.25) is 9.59 Å². The van der Waals surface area contributed by atoms with Crippen molar-refractivity contribution in [1.29, 1.82) is 0 Å². The number of benzene rings is 2. The van der Waals surface area contributed by atoms with Gasteiger partial charge in [-0.1, -0.05) is 30.3 Å². The van der Waals surface area contributed by atoms with Crippen molar-refractivity contribution in [3.05, 3.63) is 94.2 Å². The topological polar surface area (TPSA) is 64.4 Å². The van der Waals surface area contributed by atoms with E-state index in [1.165, 1.54) is 33.8 Å². The second kappa shape index (κ2) is 9.14. The van der Waals surface area contributed by atoms with Crippen LogP contribution in [0.25, 0.3) is 0 Å². The number of para-hydroxylation sites is 1. The largest absolute Gasteiger partial charge is 0.492 e. The number of carbonyl (C=O) groups excluding carboxylic acids is 1. The van der Waals surface area contributed by atoms with E-state index in [-0.39, 0.29) is 42.2 Å². The van der Waals surface area contributed by atoms with E-state index >= 15 is 0 Å². The number of halogens is 1. The van der Waals surface area contributed by atoms with E-state index in [1.54, 1.807) is 19.2 Å². The molecular weight excluding hydrogens is 373 g/mol. The minimum atomic E-state index is -0.334. The Morgan fingerprint density at radius 3 is 2.48 bits per heavy atom. The van der Waals surface area contributed by atoms with Gasteiger partial charge in [0.2, 0.25) is 0 Å². The van der Waals surface area contributed by atoms with E-state index in [0.717, 1.165) is 5.56 Å². The van der Waals surface area contributed by atoms with Gasteiger partial charge in [-0.05, 0) is 42.8 Å². The molecule has 0 unspecified atom stereocenters. The van der Waals surface area contributed by atoms with Gasteiger partial charge in [0.15, 0.2) is 0 Å². The average molecular weight is 395 g/mol. The fourth-order valence-electron chi connectivity index (χ4n) is 2.81. The molecule has 6 nitrogen and oxygen atoms in total. The molecular formula is C22H22FN3O3. The Morgan fingerprint density at radius 2 is 1.79 bits per heavy atom. The van der Waals surface area contributed by atoms with Crippen molar-refractivity contribution in [1.82, 2.24) is 14.7 Å². The van der Waals surface area contributed by atoms with E-state index < -0.39 is 0 Å². The molecule has 0 aliphatic rings. The second-order valence-corrected chi connectivity index (χ2v) is 6.59. The number of ether oxygens (including phenoxy) is 1. The zero-order chi connectivity index (χ0) is 20.8. The number of hydrogen-bond acceptors (Lipinski definition) is 4. The summed E-state index contributed by atoms with van der Waals surface area (Å²) < 4.78 is 19.9. The lowest BCUT2D eigenvalue weighted by molar-refractivity contribution is 0.0733. The molecule has 7 heteroatoms. The van der Waals surface area contributed by atoms with Crippen molar-refractivity contribution < 1.29 is 13.9 Å². The monoisotopic (exact) mass is 395 g/mol. The summed E-state index contributed by atoms with van der Waals surface area (Å²) in [5, 5.41) is 4.19. The second-order valence-electron chi connectivity index (χ2n) is 6.59. The van der Waals surface area contributed by atoms with Gasteiger partial charge in [0.1, 0.15) is 23.9 Å². The SMILES string of the molecule is C[C@@H](c1ccc(F)cc1)N(C)C(=O)c1ccc(=O)n(CCOc2ccccc2)n1. The Balaban J connectivity index is 1.69. The molecule has 1 heterocycles. The molecule has 0 fully saturated rings. The molecule has 0 bridgehead atoms. The van der Waals surface area contributed by atoms with Gasteiger partial charge < -0.3 is 9.64 Å². The molecule has 2 aromatic carbocycles. The standard InChI is InChI=1S/C22H22FN3O3/c1-16(17-8-10-18(23)11-9-17)25(2)22(28)20-12-13-21(27)26(24-20)14-15-29-19-6-4-3-5-7-19/h3-13,16H,14-15H2,1-2H3/t16-/m0/s1.